The van der Waals surface area contributed by atoms with Crippen molar-refractivity contribution in [2.75, 3.05) is 17.9 Å². The van der Waals surface area contributed by atoms with E-state index in [-0.39, 0.29) is 29.5 Å². The van der Waals surface area contributed by atoms with Crippen molar-refractivity contribution >= 4 is 39.1 Å². The number of carbonyl (C=O) groups excluding carboxylic acids is 2. The topological polar surface area (TPSA) is 86.8 Å². The lowest BCUT2D eigenvalue weighted by Crippen LogP contribution is -2.53. The molecule has 1 N–H and O–H groups in total. The molecule has 9 heteroatoms. The van der Waals surface area contributed by atoms with Crippen molar-refractivity contribution in [2.45, 2.75) is 37.8 Å². The minimum Gasteiger partial charge on any atom is -0.357 e. The van der Waals surface area contributed by atoms with Gasteiger partial charge in [0.25, 0.3) is 10.0 Å². The molecule has 0 heterocycles. The van der Waals surface area contributed by atoms with Crippen LogP contribution in [0, 0.1) is 13.8 Å². The number of sulfonamides is 1. The van der Waals surface area contributed by atoms with Gasteiger partial charge in [0, 0.05) is 25.0 Å². The number of benzene rings is 4. The van der Waals surface area contributed by atoms with Gasteiger partial charge in [0.1, 0.15) is 12.6 Å². The first-order chi connectivity index (χ1) is 20.1. The largest absolute Gasteiger partial charge is 0.357 e. The molecule has 0 saturated heterocycles. The lowest BCUT2D eigenvalue weighted by Gasteiger charge is -2.34. The molecule has 0 radical (unpaired) electrons. The Morgan fingerprint density at radius 2 is 1.45 bits per heavy atom. The Hall–Kier alpha value is -4.14. The number of nitrogens with one attached hydrogen (secondary N) is 1. The fourth-order valence-electron chi connectivity index (χ4n) is 4.83. The molecule has 0 bridgehead atoms. The smallest absolute Gasteiger partial charge is 0.264 e. The van der Waals surface area contributed by atoms with Crippen LogP contribution in [0.25, 0.3) is 0 Å². The molecule has 0 aliphatic heterocycles. The molecule has 0 saturated carbocycles. The average Bonchev–Trinajstić information content (AvgIpc) is 2.99. The van der Waals surface area contributed by atoms with Crippen molar-refractivity contribution in [3.8, 4) is 0 Å². The van der Waals surface area contributed by atoms with E-state index in [1.54, 1.807) is 43.3 Å². The van der Waals surface area contributed by atoms with E-state index in [0.717, 1.165) is 21.0 Å². The highest BCUT2D eigenvalue weighted by Gasteiger charge is 2.35. The van der Waals surface area contributed by atoms with Gasteiger partial charge < -0.3 is 10.2 Å². The Kier molecular flexibility index (Phi) is 10.0. The molecular weight excluding hydrogens is 570 g/mol. The van der Waals surface area contributed by atoms with Gasteiger partial charge in [-0.1, -0.05) is 96.0 Å². The first kappa shape index (κ1) is 30.8. The molecule has 4 aromatic carbocycles. The SMILES string of the molecule is CNC(=O)[C@H](Cc1ccccc1)N(Cc1cccc(C)c1)C(=O)CN(c1cccc(Cl)c1C)S(=O)(=O)c1ccccc1. The Balaban J connectivity index is 1.81. The van der Waals surface area contributed by atoms with Crippen molar-refractivity contribution < 1.29 is 18.0 Å². The summed E-state index contributed by atoms with van der Waals surface area (Å²) in [6.45, 7) is 3.24. The Bertz CT molecular complexity index is 1650. The third-order valence-electron chi connectivity index (χ3n) is 7.07. The maximum atomic E-state index is 14.3. The number of nitrogens with zero attached hydrogens (tertiary/aromatic N) is 2. The first-order valence-electron chi connectivity index (χ1n) is 13.5. The molecule has 1 atom stereocenters. The van der Waals surface area contributed by atoms with Crippen LogP contribution in [-0.4, -0.2) is 44.8 Å². The number of hydrogen-bond acceptors (Lipinski definition) is 4. The molecule has 7 nitrogen and oxygen atoms in total. The molecule has 2 amide bonds. The van der Waals surface area contributed by atoms with Crippen LogP contribution in [0.1, 0.15) is 22.3 Å². The second kappa shape index (κ2) is 13.7. The van der Waals surface area contributed by atoms with E-state index in [2.05, 4.69) is 5.32 Å². The highest BCUT2D eigenvalue weighted by molar-refractivity contribution is 7.92. The van der Waals surface area contributed by atoms with Gasteiger partial charge >= 0.3 is 0 Å². The summed E-state index contributed by atoms with van der Waals surface area (Å²) < 4.78 is 29.2. The summed E-state index contributed by atoms with van der Waals surface area (Å²) in [5, 5.41) is 3.07. The summed E-state index contributed by atoms with van der Waals surface area (Å²) in [6, 6.07) is 29.1. The molecule has 0 aliphatic carbocycles. The van der Waals surface area contributed by atoms with E-state index >= 15 is 0 Å². The summed E-state index contributed by atoms with van der Waals surface area (Å²) in [4.78, 5) is 29.2. The molecule has 42 heavy (non-hydrogen) atoms. The number of hydrogen-bond donors (Lipinski definition) is 1. The van der Waals surface area contributed by atoms with Gasteiger partial charge in [0.05, 0.1) is 10.6 Å². The number of carbonyl (C=O) groups is 2. The summed E-state index contributed by atoms with van der Waals surface area (Å²) in [5.74, 6) is -0.879. The van der Waals surface area contributed by atoms with Crippen LogP contribution < -0.4 is 9.62 Å². The van der Waals surface area contributed by atoms with Crippen molar-refractivity contribution in [3.63, 3.8) is 0 Å². The average molecular weight is 604 g/mol. The summed E-state index contributed by atoms with van der Waals surface area (Å²) in [7, 11) is -2.66. The molecule has 0 aliphatic rings. The standard InChI is InChI=1S/C33H34ClN3O4S/c1-24-12-10-15-27(20-24)22-36(31(33(39)35-3)21-26-13-6-4-7-14-26)32(38)23-37(30-19-11-18-29(34)25(30)2)42(40,41)28-16-8-5-9-17-28/h4-20,31H,21-23H2,1-3H3,(H,35,39)/t31-/m0/s1. The maximum Gasteiger partial charge on any atom is 0.264 e. The van der Waals surface area contributed by atoms with E-state index in [0.29, 0.717) is 10.6 Å². The van der Waals surface area contributed by atoms with Crippen LogP contribution >= 0.6 is 11.6 Å². The fourth-order valence-corrected chi connectivity index (χ4v) is 6.49. The van der Waals surface area contributed by atoms with E-state index in [9.17, 15) is 18.0 Å². The van der Waals surface area contributed by atoms with Crippen molar-refractivity contribution in [1.82, 2.24) is 10.2 Å². The number of halogens is 1. The second-order valence-electron chi connectivity index (χ2n) is 10.0. The number of aryl methyl sites for hydroxylation is 1. The Morgan fingerprint density at radius 1 is 0.833 bits per heavy atom. The molecule has 4 rings (SSSR count). The van der Waals surface area contributed by atoms with Crippen molar-refractivity contribution in [1.29, 1.82) is 0 Å². The monoisotopic (exact) mass is 603 g/mol. The Morgan fingerprint density at radius 3 is 2.10 bits per heavy atom. The zero-order valence-electron chi connectivity index (χ0n) is 23.8. The third kappa shape index (κ3) is 7.19. The molecule has 0 fully saturated rings. The summed E-state index contributed by atoms with van der Waals surface area (Å²) >= 11 is 6.41. The quantitative estimate of drug-likeness (QED) is 0.244. The van der Waals surface area contributed by atoms with Gasteiger partial charge in [0.2, 0.25) is 11.8 Å². The third-order valence-corrected chi connectivity index (χ3v) is 9.25. The van der Waals surface area contributed by atoms with Crippen LogP contribution in [0.4, 0.5) is 5.69 Å². The second-order valence-corrected chi connectivity index (χ2v) is 12.3. The summed E-state index contributed by atoms with van der Waals surface area (Å²) in [5.41, 5.74) is 3.50. The van der Waals surface area contributed by atoms with E-state index < -0.39 is 28.5 Å². The molecule has 218 valence electrons. The predicted octanol–water partition coefficient (Wildman–Crippen LogP) is 5.54. The minimum absolute atomic E-state index is 0.0366. The van der Waals surface area contributed by atoms with Crippen LogP contribution in [0.3, 0.4) is 0 Å². The van der Waals surface area contributed by atoms with Crippen molar-refractivity contribution in [3.05, 3.63) is 130 Å². The minimum atomic E-state index is -4.19. The number of amides is 2. The normalized spacial score (nSPS) is 11.9. The van der Waals surface area contributed by atoms with Gasteiger partial charge in [-0.3, -0.25) is 13.9 Å². The summed E-state index contributed by atoms with van der Waals surface area (Å²) in [6.07, 6.45) is 0.250. The highest BCUT2D eigenvalue weighted by atomic mass is 35.5. The van der Waals surface area contributed by atoms with E-state index in [1.165, 1.54) is 24.1 Å². The van der Waals surface area contributed by atoms with Crippen molar-refractivity contribution in [2.24, 2.45) is 0 Å². The van der Waals surface area contributed by atoms with Gasteiger partial charge in [-0.2, -0.15) is 0 Å². The highest BCUT2D eigenvalue weighted by Crippen LogP contribution is 2.31. The van der Waals surface area contributed by atoms with Gasteiger partial charge in [-0.25, -0.2) is 8.42 Å². The molecular formula is C33H34ClN3O4S. The zero-order chi connectivity index (χ0) is 30.3. The van der Waals surface area contributed by atoms with Gasteiger partial charge in [-0.05, 0) is 54.8 Å². The van der Waals surface area contributed by atoms with Crippen LogP contribution in [0.2, 0.25) is 5.02 Å². The van der Waals surface area contributed by atoms with E-state index in [1.807, 2.05) is 61.5 Å². The molecule has 4 aromatic rings. The molecule has 0 aromatic heterocycles. The molecule has 0 spiro atoms. The number of likely N-dealkylation sites (N-methyl/N-ethyl adjacent to an activating group) is 1. The van der Waals surface area contributed by atoms with Crippen LogP contribution in [0.5, 0.6) is 0 Å². The maximum absolute atomic E-state index is 14.3. The Labute approximate surface area is 252 Å². The number of rotatable bonds is 11. The number of anilines is 1. The van der Waals surface area contributed by atoms with Gasteiger partial charge in [-0.15, -0.1) is 0 Å². The lowest BCUT2D eigenvalue weighted by molar-refractivity contribution is -0.139. The zero-order valence-corrected chi connectivity index (χ0v) is 25.4. The van der Waals surface area contributed by atoms with Crippen LogP contribution in [0.15, 0.2) is 108 Å². The fraction of sp³-hybridized carbons (Fsp3) is 0.212. The predicted molar refractivity (Wildman–Crippen MR) is 167 cm³/mol. The van der Waals surface area contributed by atoms with E-state index in [4.69, 9.17) is 11.6 Å². The lowest BCUT2D eigenvalue weighted by atomic mass is 10.0. The molecule has 0 unspecified atom stereocenters. The first-order valence-corrected chi connectivity index (χ1v) is 15.4. The van der Waals surface area contributed by atoms with Gasteiger partial charge in [0.15, 0.2) is 0 Å². The van der Waals surface area contributed by atoms with Crippen LogP contribution in [-0.2, 0) is 32.6 Å².